The normalized spacial score (nSPS) is 11.0. The van der Waals surface area contributed by atoms with Crippen LogP contribution in [-0.2, 0) is 126 Å². The van der Waals surface area contributed by atoms with Gasteiger partial charge in [-0.15, -0.1) is 55.8 Å². The van der Waals surface area contributed by atoms with Gasteiger partial charge in [-0.25, -0.2) is 132 Å². The fourth-order valence-corrected chi connectivity index (χ4v) is 21.9. The molecule has 0 bridgehead atoms. The number of benzene rings is 3. The number of aryl methyl sites for hydroxylation is 18. The minimum absolute atomic E-state index is 0. The van der Waals surface area contributed by atoms with Gasteiger partial charge in [-0.05, 0) is 109 Å². The Labute approximate surface area is 879 Å². The molecule has 27 aromatic rings. The Morgan fingerprint density at radius 3 is 0.902 bits per heavy atom. The van der Waals surface area contributed by atoms with Gasteiger partial charge in [-0.1, -0.05) is 79.2 Å². The molecule has 27 rings (SSSR count). The van der Waals surface area contributed by atoms with Crippen LogP contribution in [0.5, 0.6) is 0 Å². The zero-order chi connectivity index (χ0) is 87.4. The minimum Gasteiger partial charge on any atom is -0.531 e. The molecule has 24 aromatic heterocycles. The number of thiazole rings is 12. The van der Waals surface area contributed by atoms with E-state index in [1.54, 1.807) is 164 Å². The van der Waals surface area contributed by atoms with Crippen LogP contribution >= 0.6 is 136 Å². The van der Waals surface area contributed by atoms with E-state index in [0.29, 0.717) is 91.2 Å². The second-order valence-electron chi connectivity index (χ2n) is 27.6. The molecule has 0 radical (unpaired) electrons. The molecule has 666 valence electrons. The number of hydrogen-bond donors (Lipinski definition) is 0. The van der Waals surface area contributed by atoms with Gasteiger partial charge in [0.25, 0.3) is 11.4 Å². The standard InChI is InChI=1S/C10H6N2O2.C10H8N2O2.2C10H6N2S2.2C9H7N3S2.C8H6N4O2.2C8H6N4S2.6W/c1-5-11-7-3-10-8(4-9(7)13-5)12-6(2)14-10;1-5-3-7-9(13-5)12-10-8(11-7)4-6(2)14-10;1-5-11-7-3-10-8(4-9(7)13-5)12-6(2)14-10;1-5-11-7-3-8-10(4-9(7)13-5)14-6(2)12-8;1-4-10-8-6(13-4)3-7-9(12-8)11-5(2)14-7;1-4-10-6-3-7-9(12-8(6)13-4)14-5(2)11-7;1-3-9-5-7(13-3)12-8-6(11-5)10-4(2)14-8;1-3-9-5-7(13-3)12-6-8(11-5)14-4(2)10-6;1-3-9-5-7(13-3)12-8-6(11-5)10-4(2)14-8;;;;;;/h1-2H3;3-4H,1-2H3;2*1-2H3;2*3H,1-2H3;3*1-2H3;;;;;;/q-2;;2*-2;;;;;;;;;;;. The van der Waals surface area contributed by atoms with E-state index in [0.717, 1.165) is 196 Å². The Bertz CT molecular complexity index is 6340. The molecule has 0 N–H and O–H groups in total. The molecule has 32 nitrogen and oxygen atoms in total. The van der Waals surface area contributed by atoms with Crippen LogP contribution in [0.1, 0.15) is 95.2 Å². The number of furan rings is 2. The van der Waals surface area contributed by atoms with E-state index in [1.165, 1.54) is 0 Å². The number of fused-ring (bicyclic) bond motifs is 18. The largest absolute Gasteiger partial charge is 0.531 e. The van der Waals surface area contributed by atoms with Gasteiger partial charge < -0.3 is 56.4 Å². The van der Waals surface area contributed by atoms with Crippen molar-refractivity contribution < 1.29 is 153 Å². The Hall–Kier alpha value is -7.95. The van der Waals surface area contributed by atoms with E-state index < -0.39 is 0 Å². The van der Waals surface area contributed by atoms with Crippen LogP contribution in [0.3, 0.4) is 0 Å². The Kier molecular flexibility index (Phi) is 32.6. The maximum Gasteiger partial charge on any atom is 0.270 e. The van der Waals surface area contributed by atoms with E-state index in [-0.39, 0.29) is 126 Å². The van der Waals surface area contributed by atoms with Gasteiger partial charge in [0.15, 0.2) is 76.8 Å². The Balaban J connectivity index is 0.000000126. The van der Waals surface area contributed by atoms with Crippen LogP contribution in [0.4, 0.5) is 0 Å². The second kappa shape index (κ2) is 42.3. The summed E-state index contributed by atoms with van der Waals surface area (Å²) < 4.78 is 38.3. The molecule has 0 aliphatic carbocycles. The van der Waals surface area contributed by atoms with Gasteiger partial charge in [-0.3, -0.25) is 24.3 Å². The van der Waals surface area contributed by atoms with Crippen molar-refractivity contribution in [1.29, 1.82) is 0 Å². The smallest absolute Gasteiger partial charge is 0.270 e. The summed E-state index contributed by atoms with van der Waals surface area (Å²) in [7, 11) is 0. The van der Waals surface area contributed by atoms with Crippen molar-refractivity contribution in [2.75, 3.05) is 0 Å². The molecule has 0 spiro atoms. The topological polar surface area (TPSA) is 414 Å². The van der Waals surface area contributed by atoms with E-state index >= 15 is 0 Å². The van der Waals surface area contributed by atoms with E-state index in [9.17, 15) is 0 Å². The fourth-order valence-electron chi connectivity index (χ4n) is 12.5. The molecule has 0 saturated heterocycles. The first kappa shape index (κ1) is 101. The van der Waals surface area contributed by atoms with Crippen molar-refractivity contribution in [1.82, 2.24) is 130 Å². The van der Waals surface area contributed by atoms with Crippen molar-refractivity contribution in [3.05, 3.63) is 156 Å². The molecule has 3 aromatic carbocycles. The quantitative estimate of drug-likeness (QED) is 0.127. The van der Waals surface area contributed by atoms with E-state index in [4.69, 9.17) is 26.5 Å². The average Bonchev–Trinajstić information content (AvgIpc) is 1.70. The van der Waals surface area contributed by atoms with E-state index in [1.807, 2.05) is 115 Å². The molecule has 0 atom stereocenters. The summed E-state index contributed by atoms with van der Waals surface area (Å²) in [5, 5.41) is 12.4. The summed E-state index contributed by atoms with van der Waals surface area (Å²) in [5.74, 6) is 3.87. The van der Waals surface area contributed by atoms with Crippen LogP contribution < -0.4 is 0 Å². The predicted molar refractivity (Wildman–Crippen MR) is 502 cm³/mol. The van der Waals surface area contributed by atoms with Crippen molar-refractivity contribution in [2.45, 2.75) is 125 Å². The molecule has 50 heteroatoms. The molecule has 0 amide bonds. The first-order valence-electron chi connectivity index (χ1n) is 37.8. The third-order valence-corrected chi connectivity index (χ3v) is 27.8. The van der Waals surface area contributed by atoms with Gasteiger partial charge in [0.05, 0.1) is 69.5 Å². The van der Waals surface area contributed by atoms with Crippen molar-refractivity contribution in [3.8, 4) is 0 Å². The van der Waals surface area contributed by atoms with Gasteiger partial charge in [0, 0.05) is 166 Å². The Morgan fingerprint density at radius 2 is 0.492 bits per heavy atom. The first-order valence-corrected chi connectivity index (χ1v) is 47.6. The van der Waals surface area contributed by atoms with Crippen molar-refractivity contribution in [3.63, 3.8) is 0 Å². The molecular formula is C82H58N26O6S12W6-6. The maximum absolute atomic E-state index is 5.35. The third kappa shape index (κ3) is 22.8. The first-order chi connectivity index (χ1) is 60.5. The summed E-state index contributed by atoms with van der Waals surface area (Å²) in [4.78, 5) is 118. The predicted octanol–water partition coefficient (Wildman–Crippen LogP) is 22.8. The zero-order valence-corrected chi connectivity index (χ0v) is 99.1. The number of aromatic nitrogens is 26. The molecule has 0 fully saturated rings. The maximum atomic E-state index is 5.35. The zero-order valence-electron chi connectivity index (χ0n) is 71.7. The van der Waals surface area contributed by atoms with Crippen LogP contribution in [0.2, 0.25) is 0 Å². The number of nitrogens with zero attached hydrogens (tertiary/aromatic N) is 26. The molecule has 24 heterocycles. The van der Waals surface area contributed by atoms with E-state index in [2.05, 4.69) is 172 Å². The number of hydrogen-bond acceptors (Lipinski definition) is 44. The van der Waals surface area contributed by atoms with Crippen LogP contribution in [0.25, 0.3) is 192 Å². The van der Waals surface area contributed by atoms with Gasteiger partial charge in [0.1, 0.15) is 43.2 Å². The summed E-state index contributed by atoms with van der Waals surface area (Å²) in [5.41, 5.74) is 16.8. The molecular weight excluding hydrogens is 2930 g/mol. The van der Waals surface area contributed by atoms with Gasteiger partial charge >= 0.3 is 0 Å². The summed E-state index contributed by atoms with van der Waals surface area (Å²) in [6.07, 6.45) is 0. The monoisotopic (exact) mass is 2990 g/mol. The summed E-state index contributed by atoms with van der Waals surface area (Å²) in [6.45, 7) is 34.6. The SMILES string of the molecule is Cc1cc2nc3cc(C)oc3nc2o1.Cc1nc2[c-]c3nc(C)sc3[c-]c2s1.Cc1nc2[c-]c3oc(C)nc3[c-]c2o1.Cc1nc2[c-]c3sc(C)nc3[c-]c2s1.Cc1nc2cc3nc(C)sc3nc2s1.Cc1nc2nc3nc(C)oc3nc2o1.Cc1nc2nc3nc(C)sc3cc2s1.Cc1nc2nc3nc(C)sc3nc2s1.Cc1nc2nc3sc(C)nc3nc2s1.[W].[W].[W].[W].[W].[W]. The summed E-state index contributed by atoms with van der Waals surface area (Å²) >= 11 is 19.5. The number of rotatable bonds is 0. The molecule has 0 saturated carbocycles. The molecule has 0 aliphatic heterocycles. The third-order valence-electron chi connectivity index (χ3n) is 17.2. The van der Waals surface area contributed by atoms with Crippen molar-refractivity contribution in [2.24, 2.45) is 0 Å². The van der Waals surface area contributed by atoms with Gasteiger partial charge in [0.2, 0.25) is 22.7 Å². The summed E-state index contributed by atoms with van der Waals surface area (Å²) in [6, 6.07) is 27.0. The second-order valence-corrected chi connectivity index (χ2v) is 41.9. The number of oxazole rings is 4. The number of pyridine rings is 2. The van der Waals surface area contributed by atoms with Crippen LogP contribution in [0.15, 0.2) is 50.8 Å². The average molecular weight is 2990 g/mol. The van der Waals surface area contributed by atoms with Crippen LogP contribution in [0, 0.1) is 161 Å². The van der Waals surface area contributed by atoms with Gasteiger partial charge in [-0.2, -0.15) is 43.7 Å². The Morgan fingerprint density at radius 1 is 0.189 bits per heavy atom. The molecule has 0 unspecified atom stereocenters. The molecule has 132 heavy (non-hydrogen) atoms. The fraction of sp³-hybridized carbons (Fsp3) is 0.220. The molecule has 0 aliphatic rings. The van der Waals surface area contributed by atoms with Crippen LogP contribution in [-0.4, -0.2) is 130 Å². The minimum atomic E-state index is 0. The van der Waals surface area contributed by atoms with Crippen molar-refractivity contribution >= 4 is 328 Å².